The molecule has 3 aromatic rings. The number of hydrogen-bond acceptors (Lipinski definition) is 6. The first-order valence-corrected chi connectivity index (χ1v) is 9.48. The summed E-state index contributed by atoms with van der Waals surface area (Å²) < 4.78 is 16.6. The van der Waals surface area contributed by atoms with E-state index in [1.165, 1.54) is 0 Å². The van der Waals surface area contributed by atoms with Gasteiger partial charge >= 0.3 is 0 Å². The molecule has 0 radical (unpaired) electrons. The van der Waals surface area contributed by atoms with E-state index in [2.05, 4.69) is 30.4 Å². The van der Waals surface area contributed by atoms with Crippen LogP contribution in [-0.4, -0.2) is 59.9 Å². The third-order valence-electron chi connectivity index (χ3n) is 4.52. The molecule has 160 valence electrons. The van der Waals surface area contributed by atoms with Crippen LogP contribution in [0.2, 0.25) is 0 Å². The van der Waals surface area contributed by atoms with E-state index in [1.807, 2.05) is 37.4 Å². The van der Waals surface area contributed by atoms with Gasteiger partial charge in [0.05, 0.1) is 6.26 Å². The fraction of sp³-hybridized carbons (Fsp3) is 0.350. The number of nitrogens with one attached hydrogen (secondary N) is 2. The van der Waals surface area contributed by atoms with Crippen LogP contribution in [0.15, 0.2) is 46.0 Å². The molecule has 0 saturated heterocycles. The van der Waals surface area contributed by atoms with Crippen LogP contribution in [0.4, 0.5) is 0 Å². The summed E-state index contributed by atoms with van der Waals surface area (Å²) in [4.78, 5) is 10.9. The number of fused-ring (bicyclic) bond motifs is 1. The summed E-state index contributed by atoms with van der Waals surface area (Å²) in [5.74, 6) is 4.38. The lowest BCUT2D eigenvalue weighted by Crippen LogP contribution is -2.39. The number of H-pyrrole nitrogens is 1. The second kappa shape index (κ2) is 10.3. The average Bonchev–Trinajstić information content (AvgIpc) is 3.43. The Bertz CT molecular complexity index is 973. The van der Waals surface area contributed by atoms with Crippen LogP contribution in [-0.2, 0) is 13.0 Å². The second-order valence-corrected chi connectivity index (χ2v) is 6.64. The molecule has 0 aliphatic carbocycles. The van der Waals surface area contributed by atoms with Gasteiger partial charge in [-0.1, -0.05) is 6.07 Å². The molecule has 0 unspecified atom stereocenters. The molecule has 1 aliphatic heterocycles. The highest BCUT2D eigenvalue weighted by Gasteiger charge is 2.14. The van der Waals surface area contributed by atoms with E-state index in [1.54, 1.807) is 13.3 Å². The minimum Gasteiger partial charge on any atom is -0.486 e. The highest BCUT2D eigenvalue weighted by atomic mass is 127. The van der Waals surface area contributed by atoms with E-state index < -0.39 is 0 Å². The van der Waals surface area contributed by atoms with Gasteiger partial charge in [0.2, 0.25) is 5.82 Å². The number of guanidine groups is 1. The standard InChI is InChI=1S/C20H24N6O3.HI/c1-21-20(22-8-7-18-23-19(25-24-18)16-4-3-9-27-16)26(2)13-14-5-6-15-17(12-14)29-11-10-28-15;/h3-6,9,12H,7-8,10-11,13H2,1-2H3,(H,21,22)(H,23,24,25);1H. The van der Waals surface area contributed by atoms with Crippen molar-refractivity contribution in [2.45, 2.75) is 13.0 Å². The Kier molecular flexibility index (Phi) is 7.55. The zero-order chi connectivity index (χ0) is 20.1. The first-order chi connectivity index (χ1) is 14.2. The van der Waals surface area contributed by atoms with Gasteiger partial charge in [-0.3, -0.25) is 10.1 Å². The lowest BCUT2D eigenvalue weighted by atomic mass is 10.2. The molecule has 0 atom stereocenters. The molecule has 0 saturated carbocycles. The fourth-order valence-electron chi connectivity index (χ4n) is 3.14. The topological polar surface area (TPSA) is 101 Å². The molecule has 1 aromatic carbocycles. The molecule has 2 aromatic heterocycles. The van der Waals surface area contributed by atoms with Gasteiger partial charge in [0.1, 0.15) is 19.0 Å². The molecule has 0 spiro atoms. The number of aromatic nitrogens is 3. The predicted octanol–water partition coefficient (Wildman–Crippen LogP) is 2.70. The van der Waals surface area contributed by atoms with Gasteiger partial charge in [0.25, 0.3) is 0 Å². The van der Waals surface area contributed by atoms with Crippen LogP contribution in [0, 0.1) is 0 Å². The maximum absolute atomic E-state index is 5.66. The zero-order valence-corrected chi connectivity index (χ0v) is 19.3. The molecule has 10 heteroatoms. The smallest absolute Gasteiger partial charge is 0.216 e. The Morgan fingerprint density at radius 1 is 1.23 bits per heavy atom. The predicted molar refractivity (Wildman–Crippen MR) is 123 cm³/mol. The summed E-state index contributed by atoms with van der Waals surface area (Å²) >= 11 is 0. The van der Waals surface area contributed by atoms with Crippen LogP contribution in [0.5, 0.6) is 11.5 Å². The first kappa shape index (κ1) is 21.9. The van der Waals surface area contributed by atoms with Crippen molar-refractivity contribution in [2.75, 3.05) is 33.9 Å². The van der Waals surface area contributed by atoms with Crippen LogP contribution < -0.4 is 14.8 Å². The van der Waals surface area contributed by atoms with E-state index in [4.69, 9.17) is 13.9 Å². The number of ether oxygens (including phenoxy) is 2. The Morgan fingerprint density at radius 2 is 2.07 bits per heavy atom. The number of aromatic amines is 1. The normalized spacial score (nSPS) is 12.9. The highest BCUT2D eigenvalue weighted by Crippen LogP contribution is 2.31. The molecule has 30 heavy (non-hydrogen) atoms. The summed E-state index contributed by atoms with van der Waals surface area (Å²) in [5, 5.41) is 10.5. The molecule has 3 heterocycles. The van der Waals surface area contributed by atoms with Crippen molar-refractivity contribution < 1.29 is 13.9 Å². The van der Waals surface area contributed by atoms with Gasteiger partial charge in [0.15, 0.2) is 23.2 Å². The molecule has 1 aliphatic rings. The molecule has 0 bridgehead atoms. The third-order valence-corrected chi connectivity index (χ3v) is 4.52. The van der Waals surface area contributed by atoms with Crippen molar-refractivity contribution in [1.29, 1.82) is 0 Å². The third kappa shape index (κ3) is 5.23. The van der Waals surface area contributed by atoms with Crippen molar-refractivity contribution in [1.82, 2.24) is 25.4 Å². The SMILES string of the molecule is CN=C(NCCc1nc(-c2ccco2)n[nH]1)N(C)Cc1ccc2c(c1)OCCO2.I. The van der Waals surface area contributed by atoms with E-state index in [-0.39, 0.29) is 24.0 Å². The van der Waals surface area contributed by atoms with Crippen LogP contribution in [0.25, 0.3) is 11.6 Å². The van der Waals surface area contributed by atoms with Crippen molar-refractivity contribution in [2.24, 2.45) is 4.99 Å². The van der Waals surface area contributed by atoms with Crippen LogP contribution in [0.3, 0.4) is 0 Å². The number of hydrogen-bond donors (Lipinski definition) is 2. The van der Waals surface area contributed by atoms with Gasteiger partial charge in [-0.05, 0) is 29.8 Å². The van der Waals surface area contributed by atoms with Crippen LogP contribution in [0.1, 0.15) is 11.4 Å². The second-order valence-electron chi connectivity index (χ2n) is 6.64. The summed E-state index contributed by atoms with van der Waals surface area (Å²) in [7, 11) is 3.77. The van der Waals surface area contributed by atoms with E-state index in [9.17, 15) is 0 Å². The Hall–Kier alpha value is -2.76. The molecular formula is C20H25IN6O3. The van der Waals surface area contributed by atoms with Crippen LogP contribution >= 0.6 is 24.0 Å². The Balaban J connectivity index is 0.00000256. The lowest BCUT2D eigenvalue weighted by Gasteiger charge is -2.23. The number of rotatable bonds is 6. The van der Waals surface area contributed by atoms with E-state index in [0.717, 1.165) is 28.8 Å². The number of benzene rings is 1. The van der Waals surface area contributed by atoms with Gasteiger partial charge in [-0.15, -0.1) is 24.0 Å². The Labute approximate surface area is 191 Å². The van der Waals surface area contributed by atoms with Crippen molar-refractivity contribution >= 4 is 29.9 Å². The van der Waals surface area contributed by atoms with Crippen molar-refractivity contribution in [3.8, 4) is 23.1 Å². The first-order valence-electron chi connectivity index (χ1n) is 9.48. The largest absolute Gasteiger partial charge is 0.486 e. The summed E-state index contributed by atoms with van der Waals surface area (Å²) in [6, 6.07) is 9.66. The fourth-order valence-corrected chi connectivity index (χ4v) is 3.14. The van der Waals surface area contributed by atoms with Crippen molar-refractivity contribution in [3.05, 3.63) is 48.0 Å². The minimum atomic E-state index is 0. The summed E-state index contributed by atoms with van der Waals surface area (Å²) in [6.45, 7) is 2.54. The average molecular weight is 524 g/mol. The van der Waals surface area contributed by atoms with E-state index >= 15 is 0 Å². The minimum absolute atomic E-state index is 0. The number of aliphatic imine (C=N–C) groups is 1. The van der Waals surface area contributed by atoms with Gasteiger partial charge < -0.3 is 24.1 Å². The molecule has 2 N–H and O–H groups in total. The van der Waals surface area contributed by atoms with Gasteiger partial charge in [-0.25, -0.2) is 4.98 Å². The highest BCUT2D eigenvalue weighted by molar-refractivity contribution is 14.0. The molecule has 0 fully saturated rings. The number of furan rings is 1. The summed E-state index contributed by atoms with van der Waals surface area (Å²) in [5.41, 5.74) is 1.12. The number of halogens is 1. The summed E-state index contributed by atoms with van der Waals surface area (Å²) in [6.07, 6.45) is 2.29. The van der Waals surface area contributed by atoms with Crippen molar-refractivity contribution in [3.63, 3.8) is 0 Å². The maximum Gasteiger partial charge on any atom is 0.216 e. The number of nitrogens with zero attached hydrogens (tertiary/aromatic N) is 4. The van der Waals surface area contributed by atoms with Gasteiger partial charge in [0, 0.05) is 33.6 Å². The zero-order valence-electron chi connectivity index (χ0n) is 16.9. The quantitative estimate of drug-likeness (QED) is 0.291. The molecule has 0 amide bonds. The van der Waals surface area contributed by atoms with Gasteiger partial charge in [-0.2, -0.15) is 5.10 Å². The maximum atomic E-state index is 5.66. The molecule has 9 nitrogen and oxygen atoms in total. The Morgan fingerprint density at radius 3 is 2.83 bits per heavy atom. The van der Waals surface area contributed by atoms with E-state index in [0.29, 0.717) is 44.3 Å². The molecule has 4 rings (SSSR count). The molecular weight excluding hydrogens is 499 g/mol. The lowest BCUT2D eigenvalue weighted by molar-refractivity contribution is 0.171. The monoisotopic (exact) mass is 524 g/mol.